The van der Waals surface area contributed by atoms with E-state index in [1.807, 2.05) is 24.3 Å². The van der Waals surface area contributed by atoms with Gasteiger partial charge in [-0.2, -0.15) is 0 Å². The van der Waals surface area contributed by atoms with E-state index >= 15 is 0 Å². The monoisotopic (exact) mass is 246 g/mol. The van der Waals surface area contributed by atoms with Crippen molar-refractivity contribution in [3.05, 3.63) is 35.4 Å². The van der Waals surface area contributed by atoms with Crippen LogP contribution >= 0.6 is 0 Å². The van der Waals surface area contributed by atoms with Crippen molar-refractivity contribution in [2.24, 2.45) is 5.73 Å². The van der Waals surface area contributed by atoms with Gasteiger partial charge in [-0.1, -0.05) is 12.1 Å². The number of carbonyl (C=O) groups excluding carboxylic acids is 2. The summed E-state index contributed by atoms with van der Waals surface area (Å²) < 4.78 is 0. The highest BCUT2D eigenvalue weighted by molar-refractivity contribution is 5.94. The Kier molecular flexibility index (Phi) is 4.10. The van der Waals surface area contributed by atoms with Crippen molar-refractivity contribution in [2.75, 3.05) is 13.1 Å². The molecule has 0 saturated heterocycles. The zero-order chi connectivity index (χ0) is 13.0. The van der Waals surface area contributed by atoms with Crippen molar-refractivity contribution >= 4 is 11.7 Å². The molecule has 1 amide bonds. The third-order valence-electron chi connectivity index (χ3n) is 3.32. The molecule has 96 valence electrons. The minimum absolute atomic E-state index is 0.102. The second-order valence-electron chi connectivity index (χ2n) is 4.64. The molecule has 2 rings (SSSR count). The van der Waals surface area contributed by atoms with Crippen molar-refractivity contribution in [2.45, 2.75) is 25.2 Å². The van der Waals surface area contributed by atoms with E-state index in [0.717, 1.165) is 12.0 Å². The first kappa shape index (κ1) is 12.8. The smallest absolute Gasteiger partial charge is 0.251 e. The molecule has 1 aliphatic rings. The third-order valence-corrected chi connectivity index (χ3v) is 3.32. The highest BCUT2D eigenvalue weighted by Gasteiger charge is 2.23. The van der Waals surface area contributed by atoms with Gasteiger partial charge in [0.1, 0.15) is 5.78 Å². The molecule has 0 heterocycles. The molecule has 1 aliphatic carbocycles. The normalized spacial score (nSPS) is 18.9. The first-order valence-corrected chi connectivity index (χ1v) is 6.30. The lowest BCUT2D eigenvalue weighted by Crippen LogP contribution is -2.28. The standard InChI is InChI=1S/C14H18N2O2/c15-7-8-16-14(18)11-3-1-10(2-4-11)12-5-6-13(17)9-12/h1-4,12H,5-9,15H2,(H,16,18). The molecule has 0 radical (unpaired) electrons. The lowest BCUT2D eigenvalue weighted by atomic mass is 9.96. The molecule has 1 aromatic rings. The number of amides is 1. The molecule has 1 atom stereocenters. The van der Waals surface area contributed by atoms with Gasteiger partial charge in [0.05, 0.1) is 0 Å². The number of carbonyl (C=O) groups is 2. The van der Waals surface area contributed by atoms with Gasteiger partial charge in [0.2, 0.25) is 0 Å². The van der Waals surface area contributed by atoms with Crippen LogP contribution in [0.1, 0.15) is 41.1 Å². The molecule has 4 nitrogen and oxygen atoms in total. The van der Waals surface area contributed by atoms with Crippen LogP contribution in [-0.4, -0.2) is 24.8 Å². The number of Topliss-reactive ketones (excluding diaryl/α,β-unsaturated/α-hetero) is 1. The molecule has 4 heteroatoms. The maximum absolute atomic E-state index is 11.7. The average molecular weight is 246 g/mol. The summed E-state index contributed by atoms with van der Waals surface area (Å²) in [7, 11) is 0. The van der Waals surface area contributed by atoms with Crippen LogP contribution in [0.5, 0.6) is 0 Å². The van der Waals surface area contributed by atoms with Crippen LogP contribution in [0.2, 0.25) is 0 Å². The number of nitrogens with two attached hydrogens (primary N) is 1. The fraction of sp³-hybridized carbons (Fsp3) is 0.429. The summed E-state index contributed by atoms with van der Waals surface area (Å²) in [5.41, 5.74) is 7.11. The predicted molar refractivity (Wildman–Crippen MR) is 69.4 cm³/mol. The van der Waals surface area contributed by atoms with Gasteiger partial charge in [-0.3, -0.25) is 9.59 Å². The van der Waals surface area contributed by atoms with E-state index in [4.69, 9.17) is 5.73 Å². The molecule has 3 N–H and O–H groups in total. The number of rotatable bonds is 4. The Labute approximate surface area is 107 Å². The Morgan fingerprint density at radius 1 is 1.33 bits per heavy atom. The van der Waals surface area contributed by atoms with Crippen molar-refractivity contribution in [1.29, 1.82) is 0 Å². The van der Waals surface area contributed by atoms with Gasteiger partial charge in [0, 0.05) is 31.5 Å². The average Bonchev–Trinajstić information content (AvgIpc) is 2.83. The molecule has 18 heavy (non-hydrogen) atoms. The van der Waals surface area contributed by atoms with Gasteiger partial charge in [-0.25, -0.2) is 0 Å². The minimum atomic E-state index is -0.102. The molecule has 1 aromatic carbocycles. The summed E-state index contributed by atoms with van der Waals surface area (Å²) in [6.45, 7) is 0.922. The van der Waals surface area contributed by atoms with Gasteiger partial charge in [-0.15, -0.1) is 0 Å². The van der Waals surface area contributed by atoms with Gasteiger partial charge in [0.25, 0.3) is 5.91 Å². The zero-order valence-electron chi connectivity index (χ0n) is 10.3. The van der Waals surface area contributed by atoms with Crippen molar-refractivity contribution in [1.82, 2.24) is 5.32 Å². The second-order valence-corrected chi connectivity index (χ2v) is 4.64. The highest BCUT2D eigenvalue weighted by atomic mass is 16.1. The van der Waals surface area contributed by atoms with Gasteiger partial charge in [-0.05, 0) is 30.0 Å². The van der Waals surface area contributed by atoms with Crippen molar-refractivity contribution in [3.63, 3.8) is 0 Å². The summed E-state index contributed by atoms with van der Waals surface area (Å²) in [5.74, 6) is 0.568. The van der Waals surface area contributed by atoms with E-state index in [1.54, 1.807) is 0 Å². The lowest BCUT2D eigenvalue weighted by Gasteiger charge is -2.09. The summed E-state index contributed by atoms with van der Waals surface area (Å²) in [5, 5.41) is 2.73. The second kappa shape index (κ2) is 5.78. The first-order chi connectivity index (χ1) is 8.70. The summed E-state index contributed by atoms with van der Waals surface area (Å²) in [4.78, 5) is 22.9. The Morgan fingerprint density at radius 3 is 2.61 bits per heavy atom. The topological polar surface area (TPSA) is 72.2 Å². The molecule has 1 unspecified atom stereocenters. The van der Waals surface area contributed by atoms with Crippen LogP contribution in [-0.2, 0) is 4.79 Å². The third kappa shape index (κ3) is 2.96. The summed E-state index contributed by atoms with van der Waals surface area (Å²) >= 11 is 0. The summed E-state index contributed by atoms with van der Waals surface area (Å²) in [6, 6.07) is 7.51. The predicted octanol–water partition coefficient (Wildman–Crippen LogP) is 1.21. The van der Waals surface area contributed by atoms with Crippen LogP contribution in [0.25, 0.3) is 0 Å². The van der Waals surface area contributed by atoms with Crippen molar-refractivity contribution in [3.8, 4) is 0 Å². The van der Waals surface area contributed by atoms with Crippen LogP contribution in [0, 0.1) is 0 Å². The molecule has 0 bridgehead atoms. The van der Waals surface area contributed by atoms with E-state index in [9.17, 15) is 9.59 Å². The fourth-order valence-electron chi connectivity index (χ4n) is 2.29. The number of hydrogen-bond acceptors (Lipinski definition) is 3. The van der Waals surface area contributed by atoms with E-state index < -0.39 is 0 Å². The molecular weight excluding hydrogens is 228 g/mol. The van der Waals surface area contributed by atoms with Crippen LogP contribution < -0.4 is 11.1 Å². The zero-order valence-corrected chi connectivity index (χ0v) is 10.3. The van der Waals surface area contributed by atoms with Crippen molar-refractivity contribution < 1.29 is 9.59 Å². The Balaban J connectivity index is 2.01. The molecule has 0 spiro atoms. The van der Waals surface area contributed by atoms with Crippen LogP contribution in [0.4, 0.5) is 0 Å². The van der Waals surface area contributed by atoms with Crippen LogP contribution in [0.3, 0.4) is 0 Å². The first-order valence-electron chi connectivity index (χ1n) is 6.30. The van der Waals surface area contributed by atoms with E-state index in [2.05, 4.69) is 5.32 Å². The van der Waals surface area contributed by atoms with E-state index in [-0.39, 0.29) is 5.91 Å². The van der Waals surface area contributed by atoms with Gasteiger partial charge >= 0.3 is 0 Å². The number of nitrogens with one attached hydrogen (secondary N) is 1. The molecular formula is C14H18N2O2. The Hall–Kier alpha value is -1.68. The van der Waals surface area contributed by atoms with E-state index in [0.29, 0.717) is 43.2 Å². The molecule has 1 saturated carbocycles. The van der Waals surface area contributed by atoms with E-state index in [1.165, 1.54) is 0 Å². The maximum Gasteiger partial charge on any atom is 0.251 e. The minimum Gasteiger partial charge on any atom is -0.351 e. The highest BCUT2D eigenvalue weighted by Crippen LogP contribution is 2.31. The SMILES string of the molecule is NCCNC(=O)c1ccc(C2CCC(=O)C2)cc1. The number of benzene rings is 1. The van der Waals surface area contributed by atoms with Gasteiger partial charge < -0.3 is 11.1 Å². The molecule has 0 aliphatic heterocycles. The Morgan fingerprint density at radius 2 is 2.06 bits per heavy atom. The quantitative estimate of drug-likeness (QED) is 0.838. The lowest BCUT2D eigenvalue weighted by molar-refractivity contribution is -0.117. The van der Waals surface area contributed by atoms with Crippen LogP contribution in [0.15, 0.2) is 24.3 Å². The maximum atomic E-state index is 11.7. The largest absolute Gasteiger partial charge is 0.351 e. The fourth-order valence-corrected chi connectivity index (χ4v) is 2.29. The summed E-state index contributed by atoms with van der Waals surface area (Å²) in [6.07, 6.45) is 2.25. The number of ketones is 1. The van der Waals surface area contributed by atoms with Gasteiger partial charge in [0.15, 0.2) is 0 Å². The molecule has 0 aromatic heterocycles. The Bertz CT molecular complexity index is 440. The number of hydrogen-bond donors (Lipinski definition) is 2. The molecule has 1 fully saturated rings.